The quantitative estimate of drug-likeness (QED) is 0.782. The molecular formula is C17H29N. The number of nitrogens with one attached hydrogen (secondary N) is 1. The van der Waals surface area contributed by atoms with Crippen LogP contribution < -0.4 is 5.32 Å². The van der Waals surface area contributed by atoms with Crippen LogP contribution in [0.1, 0.15) is 77.0 Å². The molecule has 4 fully saturated rings. The van der Waals surface area contributed by atoms with Crippen molar-refractivity contribution in [2.45, 2.75) is 83.1 Å². The molecule has 0 saturated heterocycles. The Kier molecular flexibility index (Phi) is 2.76. The monoisotopic (exact) mass is 247 g/mol. The average Bonchev–Trinajstić information content (AvgIpc) is 3.29. The van der Waals surface area contributed by atoms with Crippen molar-refractivity contribution >= 4 is 0 Å². The van der Waals surface area contributed by atoms with Crippen LogP contribution in [-0.4, -0.2) is 12.6 Å². The van der Waals surface area contributed by atoms with Gasteiger partial charge in [-0.2, -0.15) is 0 Å². The van der Waals surface area contributed by atoms with Gasteiger partial charge in [0.05, 0.1) is 0 Å². The summed E-state index contributed by atoms with van der Waals surface area (Å²) in [5.41, 5.74) is 1.61. The maximum atomic E-state index is 3.95. The lowest BCUT2D eigenvalue weighted by Crippen LogP contribution is -2.39. The second-order valence-electron chi connectivity index (χ2n) is 8.00. The zero-order valence-corrected chi connectivity index (χ0v) is 11.8. The number of hydrogen-bond acceptors (Lipinski definition) is 1. The van der Waals surface area contributed by atoms with Gasteiger partial charge in [-0.25, -0.2) is 0 Å². The fourth-order valence-corrected chi connectivity index (χ4v) is 4.99. The average molecular weight is 247 g/mol. The summed E-state index contributed by atoms with van der Waals surface area (Å²) in [5, 5.41) is 3.95. The zero-order chi connectivity index (χ0) is 12.1. The first-order valence-corrected chi connectivity index (χ1v) is 8.54. The molecular weight excluding hydrogens is 218 g/mol. The highest BCUT2D eigenvalue weighted by atomic mass is 14.9. The molecule has 0 amide bonds. The van der Waals surface area contributed by atoms with E-state index in [4.69, 9.17) is 0 Å². The van der Waals surface area contributed by atoms with Gasteiger partial charge in [0.2, 0.25) is 0 Å². The predicted molar refractivity (Wildman–Crippen MR) is 75.6 cm³/mol. The van der Waals surface area contributed by atoms with Crippen molar-refractivity contribution in [3.63, 3.8) is 0 Å². The van der Waals surface area contributed by atoms with E-state index in [9.17, 15) is 0 Å². The third-order valence-corrected chi connectivity index (χ3v) is 6.79. The Hall–Kier alpha value is -0.0400. The maximum absolute atomic E-state index is 3.95. The van der Waals surface area contributed by atoms with Gasteiger partial charge in [0, 0.05) is 12.6 Å². The van der Waals surface area contributed by atoms with Crippen molar-refractivity contribution in [2.24, 2.45) is 16.7 Å². The molecule has 0 aromatic heterocycles. The van der Waals surface area contributed by atoms with Crippen molar-refractivity contribution in [3.05, 3.63) is 0 Å². The van der Waals surface area contributed by atoms with Crippen LogP contribution in [0.3, 0.4) is 0 Å². The molecule has 1 nitrogen and oxygen atoms in total. The van der Waals surface area contributed by atoms with Crippen molar-refractivity contribution in [3.8, 4) is 0 Å². The van der Waals surface area contributed by atoms with Gasteiger partial charge < -0.3 is 5.32 Å². The predicted octanol–water partition coefficient (Wildman–Crippen LogP) is 4.27. The fourth-order valence-electron chi connectivity index (χ4n) is 4.99. The first-order chi connectivity index (χ1) is 8.80. The molecule has 4 aliphatic carbocycles. The molecule has 4 saturated carbocycles. The summed E-state index contributed by atoms with van der Waals surface area (Å²) in [6.45, 7) is 1.36. The van der Waals surface area contributed by atoms with Crippen LogP contribution in [0.2, 0.25) is 0 Å². The van der Waals surface area contributed by atoms with Crippen molar-refractivity contribution < 1.29 is 0 Å². The molecule has 1 N–H and O–H groups in total. The highest BCUT2D eigenvalue weighted by Crippen LogP contribution is 2.61. The van der Waals surface area contributed by atoms with Gasteiger partial charge in [-0.1, -0.05) is 12.8 Å². The first kappa shape index (κ1) is 11.8. The van der Waals surface area contributed by atoms with Gasteiger partial charge in [-0.05, 0) is 81.0 Å². The number of rotatable bonds is 4. The Morgan fingerprint density at radius 1 is 0.778 bits per heavy atom. The van der Waals surface area contributed by atoms with E-state index in [1.807, 2.05) is 0 Å². The molecule has 102 valence electrons. The largest absolute Gasteiger partial charge is 0.313 e. The second-order valence-corrected chi connectivity index (χ2v) is 8.00. The summed E-state index contributed by atoms with van der Waals surface area (Å²) in [5.74, 6) is 1.12. The summed E-state index contributed by atoms with van der Waals surface area (Å²) < 4.78 is 0. The lowest BCUT2D eigenvalue weighted by Gasteiger charge is -2.38. The topological polar surface area (TPSA) is 12.0 Å². The smallest absolute Gasteiger partial charge is 0.00677 e. The molecule has 0 aliphatic heterocycles. The molecule has 0 atom stereocenters. The third kappa shape index (κ3) is 2.13. The van der Waals surface area contributed by atoms with Gasteiger partial charge in [0.15, 0.2) is 0 Å². The highest BCUT2D eigenvalue weighted by Gasteiger charge is 2.53. The molecule has 18 heavy (non-hydrogen) atoms. The van der Waals surface area contributed by atoms with Crippen LogP contribution in [0.5, 0.6) is 0 Å². The minimum Gasteiger partial charge on any atom is -0.313 e. The summed E-state index contributed by atoms with van der Waals surface area (Å²) in [6.07, 6.45) is 18.3. The Labute approximate surface area is 112 Å². The van der Waals surface area contributed by atoms with Gasteiger partial charge in [-0.15, -0.1) is 0 Å². The van der Waals surface area contributed by atoms with E-state index >= 15 is 0 Å². The van der Waals surface area contributed by atoms with Crippen molar-refractivity contribution in [2.75, 3.05) is 6.54 Å². The lowest BCUT2D eigenvalue weighted by atomic mass is 9.71. The summed E-state index contributed by atoms with van der Waals surface area (Å²) in [4.78, 5) is 0. The van der Waals surface area contributed by atoms with Crippen LogP contribution in [0.4, 0.5) is 0 Å². The minimum atomic E-state index is 0.794. The Balaban J connectivity index is 1.25. The molecule has 4 aliphatic rings. The maximum Gasteiger partial charge on any atom is 0.00677 e. The molecule has 1 heteroatoms. The van der Waals surface area contributed by atoms with Gasteiger partial charge in [-0.3, -0.25) is 0 Å². The Bertz CT molecular complexity index is 298. The van der Waals surface area contributed by atoms with Crippen LogP contribution in [-0.2, 0) is 0 Å². The fraction of sp³-hybridized carbons (Fsp3) is 1.00. The molecule has 0 aromatic rings. The molecule has 1 spiro atoms. The summed E-state index contributed by atoms with van der Waals surface area (Å²) in [6, 6.07) is 0.868. The molecule has 0 bridgehead atoms. The van der Waals surface area contributed by atoms with Crippen LogP contribution in [0, 0.1) is 16.7 Å². The van der Waals surface area contributed by atoms with E-state index in [1.54, 1.807) is 12.8 Å². The third-order valence-electron chi connectivity index (χ3n) is 6.79. The summed E-state index contributed by atoms with van der Waals surface area (Å²) in [7, 11) is 0. The van der Waals surface area contributed by atoms with E-state index in [0.717, 1.165) is 22.8 Å². The second kappa shape index (κ2) is 4.23. The highest BCUT2D eigenvalue weighted by molar-refractivity contribution is 5.05. The van der Waals surface area contributed by atoms with Crippen LogP contribution in [0.15, 0.2) is 0 Å². The molecule has 0 radical (unpaired) electrons. The normalized spacial score (nSPS) is 34.0. The molecule has 4 rings (SSSR count). The minimum absolute atomic E-state index is 0.794. The van der Waals surface area contributed by atoms with E-state index in [1.165, 1.54) is 70.8 Å². The van der Waals surface area contributed by atoms with Gasteiger partial charge in [0.1, 0.15) is 0 Å². The Morgan fingerprint density at radius 3 is 2.00 bits per heavy atom. The zero-order valence-electron chi connectivity index (χ0n) is 11.8. The van der Waals surface area contributed by atoms with Crippen LogP contribution in [0.25, 0.3) is 0 Å². The molecule has 0 heterocycles. The number of hydrogen-bond donors (Lipinski definition) is 1. The standard InChI is InChI=1S/C17H29N/c1-2-8-16(7-1)9-5-15(6-10-16)18-13-17(11-12-17)14-3-4-14/h14-15,18H,1-13H2. The van der Waals surface area contributed by atoms with Gasteiger partial charge >= 0.3 is 0 Å². The van der Waals surface area contributed by atoms with Crippen molar-refractivity contribution in [1.29, 1.82) is 0 Å². The van der Waals surface area contributed by atoms with E-state index < -0.39 is 0 Å². The lowest BCUT2D eigenvalue weighted by molar-refractivity contribution is 0.164. The van der Waals surface area contributed by atoms with E-state index in [0.29, 0.717) is 0 Å². The first-order valence-electron chi connectivity index (χ1n) is 8.54. The van der Waals surface area contributed by atoms with E-state index in [2.05, 4.69) is 5.32 Å². The molecule has 0 unspecified atom stereocenters. The SMILES string of the molecule is C1CCC2(C1)CCC(NCC1(C3CC3)CC1)CC2. The van der Waals surface area contributed by atoms with E-state index in [-0.39, 0.29) is 0 Å². The molecule has 0 aromatic carbocycles. The van der Waals surface area contributed by atoms with Gasteiger partial charge in [0.25, 0.3) is 0 Å². The van der Waals surface area contributed by atoms with Crippen molar-refractivity contribution in [1.82, 2.24) is 5.32 Å². The summed E-state index contributed by atoms with van der Waals surface area (Å²) >= 11 is 0. The van der Waals surface area contributed by atoms with Crippen LogP contribution >= 0.6 is 0 Å². The Morgan fingerprint density at radius 2 is 1.44 bits per heavy atom.